The summed E-state index contributed by atoms with van der Waals surface area (Å²) in [5.41, 5.74) is 7.80. The van der Waals surface area contributed by atoms with Crippen LogP contribution in [0.4, 0.5) is 0 Å². The molecule has 0 aromatic carbocycles. The molecule has 1 saturated carbocycles. The van der Waals surface area contributed by atoms with Gasteiger partial charge < -0.3 is 10.5 Å². The topological polar surface area (TPSA) is 61.0 Å². The summed E-state index contributed by atoms with van der Waals surface area (Å²) in [4.78, 5) is 8.32. The van der Waals surface area contributed by atoms with Gasteiger partial charge in [0.15, 0.2) is 0 Å². The van der Waals surface area contributed by atoms with E-state index in [9.17, 15) is 0 Å². The van der Waals surface area contributed by atoms with Crippen molar-refractivity contribution in [3.8, 4) is 5.88 Å². The fourth-order valence-electron chi connectivity index (χ4n) is 1.59. The smallest absolute Gasteiger partial charge is 0.219 e. The number of ether oxygens (including phenoxy) is 1. The molecule has 1 aromatic rings. The number of nitrogens with zero attached hydrogens (tertiary/aromatic N) is 2. The normalized spacial score (nSPS) is 17.9. The van der Waals surface area contributed by atoms with E-state index in [0.29, 0.717) is 12.5 Å². The van der Waals surface area contributed by atoms with E-state index in [-0.39, 0.29) is 5.54 Å². The zero-order chi connectivity index (χ0) is 10.2. The molecule has 76 valence electrons. The average Bonchev–Trinajstić information content (AvgIpc) is 2.89. The van der Waals surface area contributed by atoms with Crippen LogP contribution in [0.5, 0.6) is 5.88 Å². The van der Waals surface area contributed by atoms with Gasteiger partial charge in [-0.25, -0.2) is 9.97 Å². The molecule has 0 amide bonds. The van der Waals surface area contributed by atoms with Crippen LogP contribution in [0.15, 0.2) is 6.33 Å². The number of hydrogen-bond acceptors (Lipinski definition) is 4. The summed E-state index contributed by atoms with van der Waals surface area (Å²) in [5, 5.41) is 0. The van der Waals surface area contributed by atoms with E-state index in [4.69, 9.17) is 10.5 Å². The maximum Gasteiger partial charge on any atom is 0.219 e. The third-order valence-corrected chi connectivity index (χ3v) is 2.58. The van der Waals surface area contributed by atoms with Crippen molar-refractivity contribution >= 4 is 0 Å². The van der Waals surface area contributed by atoms with Gasteiger partial charge in [-0.1, -0.05) is 0 Å². The molecule has 2 N–H and O–H groups in total. The lowest BCUT2D eigenvalue weighted by Crippen LogP contribution is -2.22. The molecule has 1 aliphatic rings. The Labute approximate surface area is 83.5 Å². The molecule has 0 saturated heterocycles. The first-order valence-corrected chi connectivity index (χ1v) is 4.91. The largest absolute Gasteiger partial charge is 0.478 e. The molecule has 0 bridgehead atoms. The quantitative estimate of drug-likeness (QED) is 0.781. The molecule has 14 heavy (non-hydrogen) atoms. The Morgan fingerprint density at radius 2 is 2.21 bits per heavy atom. The van der Waals surface area contributed by atoms with Gasteiger partial charge in [-0.3, -0.25) is 0 Å². The van der Waals surface area contributed by atoms with Crippen LogP contribution in [0.3, 0.4) is 0 Å². The fourth-order valence-corrected chi connectivity index (χ4v) is 1.59. The molecule has 0 radical (unpaired) electrons. The van der Waals surface area contributed by atoms with Crippen molar-refractivity contribution < 1.29 is 4.74 Å². The number of nitrogens with two attached hydrogens (primary N) is 1. The molecule has 1 aliphatic carbocycles. The molecule has 4 heteroatoms. The van der Waals surface area contributed by atoms with Gasteiger partial charge in [-0.05, 0) is 26.7 Å². The van der Waals surface area contributed by atoms with Gasteiger partial charge >= 0.3 is 0 Å². The molecule has 0 aliphatic heterocycles. The zero-order valence-corrected chi connectivity index (χ0v) is 8.58. The first-order chi connectivity index (χ1) is 6.67. The van der Waals surface area contributed by atoms with E-state index in [1.807, 2.05) is 13.8 Å². The molecule has 1 fully saturated rings. The Morgan fingerprint density at radius 1 is 1.50 bits per heavy atom. The zero-order valence-electron chi connectivity index (χ0n) is 8.58. The first-order valence-electron chi connectivity index (χ1n) is 4.91. The van der Waals surface area contributed by atoms with Crippen molar-refractivity contribution in [1.29, 1.82) is 0 Å². The number of rotatable bonds is 3. The van der Waals surface area contributed by atoms with E-state index < -0.39 is 0 Å². The standard InChI is InChI=1S/C10H15N3O/c1-3-14-9-7(2)8(12-6-13-9)10(11)4-5-10/h6H,3-5,11H2,1-2H3. The van der Waals surface area contributed by atoms with Crippen LogP contribution >= 0.6 is 0 Å². The van der Waals surface area contributed by atoms with E-state index in [0.717, 1.165) is 24.1 Å². The van der Waals surface area contributed by atoms with Crippen LogP contribution in [-0.2, 0) is 5.54 Å². The lowest BCUT2D eigenvalue weighted by atomic mass is 10.1. The highest BCUT2D eigenvalue weighted by molar-refractivity contribution is 5.35. The highest BCUT2D eigenvalue weighted by atomic mass is 16.5. The summed E-state index contributed by atoms with van der Waals surface area (Å²) in [7, 11) is 0. The summed E-state index contributed by atoms with van der Waals surface area (Å²) in [6.07, 6.45) is 3.55. The summed E-state index contributed by atoms with van der Waals surface area (Å²) < 4.78 is 5.39. The second-order valence-electron chi connectivity index (χ2n) is 3.74. The van der Waals surface area contributed by atoms with Crippen molar-refractivity contribution in [2.45, 2.75) is 32.2 Å². The van der Waals surface area contributed by atoms with Crippen LogP contribution in [-0.4, -0.2) is 16.6 Å². The predicted octanol–water partition coefficient (Wildman–Crippen LogP) is 1.13. The lowest BCUT2D eigenvalue weighted by Gasteiger charge is -2.13. The van der Waals surface area contributed by atoms with Crippen molar-refractivity contribution in [1.82, 2.24) is 9.97 Å². The summed E-state index contributed by atoms with van der Waals surface area (Å²) in [5.74, 6) is 0.661. The minimum Gasteiger partial charge on any atom is -0.478 e. The fraction of sp³-hybridized carbons (Fsp3) is 0.600. The third-order valence-electron chi connectivity index (χ3n) is 2.58. The molecule has 0 unspecified atom stereocenters. The molecular formula is C10H15N3O. The highest BCUT2D eigenvalue weighted by Gasteiger charge is 2.43. The second kappa shape index (κ2) is 3.20. The highest BCUT2D eigenvalue weighted by Crippen LogP contribution is 2.43. The second-order valence-corrected chi connectivity index (χ2v) is 3.74. The van der Waals surface area contributed by atoms with Gasteiger partial charge in [0.1, 0.15) is 6.33 Å². The van der Waals surface area contributed by atoms with E-state index in [1.54, 1.807) is 0 Å². The third kappa shape index (κ3) is 1.46. The maximum absolute atomic E-state index is 6.09. The van der Waals surface area contributed by atoms with Gasteiger partial charge in [0.05, 0.1) is 17.8 Å². The number of aromatic nitrogens is 2. The van der Waals surface area contributed by atoms with Crippen LogP contribution < -0.4 is 10.5 Å². The Bertz CT molecular complexity index is 347. The van der Waals surface area contributed by atoms with Crippen molar-refractivity contribution in [2.75, 3.05) is 6.61 Å². The van der Waals surface area contributed by atoms with Crippen LogP contribution in [0, 0.1) is 6.92 Å². The van der Waals surface area contributed by atoms with Crippen LogP contribution in [0.25, 0.3) is 0 Å². The van der Waals surface area contributed by atoms with Gasteiger partial charge in [0.2, 0.25) is 5.88 Å². The summed E-state index contributed by atoms with van der Waals surface area (Å²) in [6.45, 7) is 4.53. The van der Waals surface area contributed by atoms with Crippen molar-refractivity contribution in [3.05, 3.63) is 17.6 Å². The molecule has 4 nitrogen and oxygen atoms in total. The predicted molar refractivity (Wildman–Crippen MR) is 53.0 cm³/mol. The van der Waals surface area contributed by atoms with E-state index in [1.165, 1.54) is 6.33 Å². The minimum atomic E-state index is -0.209. The van der Waals surface area contributed by atoms with Crippen LogP contribution in [0.2, 0.25) is 0 Å². The first kappa shape index (κ1) is 9.40. The molecule has 0 atom stereocenters. The van der Waals surface area contributed by atoms with Crippen LogP contribution in [0.1, 0.15) is 31.0 Å². The Kier molecular flexibility index (Phi) is 2.15. The molecular weight excluding hydrogens is 178 g/mol. The van der Waals surface area contributed by atoms with E-state index in [2.05, 4.69) is 9.97 Å². The summed E-state index contributed by atoms with van der Waals surface area (Å²) in [6, 6.07) is 0. The molecule has 1 heterocycles. The van der Waals surface area contributed by atoms with Gasteiger partial charge in [-0.15, -0.1) is 0 Å². The lowest BCUT2D eigenvalue weighted by molar-refractivity contribution is 0.322. The van der Waals surface area contributed by atoms with Gasteiger partial charge in [0, 0.05) is 5.56 Å². The van der Waals surface area contributed by atoms with Gasteiger partial charge in [0.25, 0.3) is 0 Å². The monoisotopic (exact) mass is 193 g/mol. The molecule has 2 rings (SSSR count). The molecule has 1 aromatic heterocycles. The summed E-state index contributed by atoms with van der Waals surface area (Å²) >= 11 is 0. The van der Waals surface area contributed by atoms with Gasteiger partial charge in [-0.2, -0.15) is 0 Å². The SMILES string of the molecule is CCOc1ncnc(C2(N)CC2)c1C. The average molecular weight is 193 g/mol. The Hall–Kier alpha value is -1.16. The van der Waals surface area contributed by atoms with E-state index >= 15 is 0 Å². The van der Waals surface area contributed by atoms with Crippen molar-refractivity contribution in [3.63, 3.8) is 0 Å². The molecule has 0 spiro atoms. The minimum absolute atomic E-state index is 0.209. The van der Waals surface area contributed by atoms with Crippen molar-refractivity contribution in [2.24, 2.45) is 5.73 Å². The maximum atomic E-state index is 6.09. The Morgan fingerprint density at radius 3 is 2.79 bits per heavy atom. The number of hydrogen-bond donors (Lipinski definition) is 1. The Balaban J connectivity index is 2.37.